The number of hydrogen-bond donors (Lipinski definition) is 1. The maximum Gasteiger partial charge on any atom is 0.262 e. The molecule has 0 fully saturated rings. The number of methoxy groups -OCH3 is 2. The Labute approximate surface area is 143 Å². The van der Waals surface area contributed by atoms with Crippen molar-refractivity contribution in [2.45, 2.75) is 6.92 Å². The van der Waals surface area contributed by atoms with Gasteiger partial charge in [-0.1, -0.05) is 12.1 Å². The fourth-order valence-electron chi connectivity index (χ4n) is 2.00. The molecule has 0 aliphatic carbocycles. The second-order valence-corrected chi connectivity index (χ2v) is 5.69. The average molecular weight is 380 g/mol. The van der Waals surface area contributed by atoms with Gasteiger partial charge in [0.1, 0.15) is 17.2 Å². The molecular formula is C17H18BrNO4. The van der Waals surface area contributed by atoms with Crippen LogP contribution in [0.3, 0.4) is 0 Å². The van der Waals surface area contributed by atoms with E-state index < -0.39 is 0 Å². The molecule has 0 unspecified atom stereocenters. The molecule has 0 spiro atoms. The molecule has 0 heterocycles. The summed E-state index contributed by atoms with van der Waals surface area (Å²) in [6.45, 7) is 1.87. The number of carbonyl (C=O) groups excluding carboxylic acids is 1. The zero-order valence-electron chi connectivity index (χ0n) is 13.2. The lowest BCUT2D eigenvalue weighted by Gasteiger charge is -2.13. The predicted molar refractivity (Wildman–Crippen MR) is 92.5 cm³/mol. The van der Waals surface area contributed by atoms with Crippen LogP contribution in [-0.4, -0.2) is 26.7 Å². The summed E-state index contributed by atoms with van der Waals surface area (Å²) in [5.74, 6) is 1.50. The zero-order valence-corrected chi connectivity index (χ0v) is 14.8. The summed E-state index contributed by atoms with van der Waals surface area (Å²) in [7, 11) is 3.09. The standard InChI is InChI=1S/C17H18BrNO4/c1-11-5-4-6-12(7-11)23-10-17(20)19-14-9-15(21-2)13(18)8-16(14)22-3/h4-9H,10H2,1-3H3,(H,19,20). The fourth-order valence-corrected chi connectivity index (χ4v) is 2.48. The fraction of sp³-hybridized carbons (Fsp3) is 0.235. The second-order valence-electron chi connectivity index (χ2n) is 4.84. The molecule has 0 saturated carbocycles. The first-order chi connectivity index (χ1) is 11.0. The van der Waals surface area contributed by atoms with Gasteiger partial charge in [0.2, 0.25) is 0 Å². The van der Waals surface area contributed by atoms with Crippen molar-refractivity contribution < 1.29 is 19.0 Å². The van der Waals surface area contributed by atoms with Gasteiger partial charge in [0.05, 0.1) is 24.4 Å². The summed E-state index contributed by atoms with van der Waals surface area (Å²) in [6, 6.07) is 10.9. The lowest BCUT2D eigenvalue weighted by molar-refractivity contribution is -0.118. The third-order valence-corrected chi connectivity index (χ3v) is 3.73. The maximum atomic E-state index is 12.1. The van der Waals surface area contributed by atoms with Gasteiger partial charge in [-0.05, 0) is 40.5 Å². The molecule has 23 heavy (non-hydrogen) atoms. The summed E-state index contributed by atoms with van der Waals surface area (Å²) in [6.07, 6.45) is 0. The molecule has 0 atom stereocenters. The van der Waals surface area contributed by atoms with Gasteiger partial charge in [-0.15, -0.1) is 0 Å². The Hall–Kier alpha value is -2.21. The summed E-state index contributed by atoms with van der Waals surface area (Å²) < 4.78 is 16.7. The van der Waals surface area contributed by atoms with Gasteiger partial charge in [0.25, 0.3) is 5.91 Å². The van der Waals surface area contributed by atoms with E-state index in [1.807, 2.05) is 31.2 Å². The van der Waals surface area contributed by atoms with Crippen molar-refractivity contribution in [1.82, 2.24) is 0 Å². The smallest absolute Gasteiger partial charge is 0.262 e. The molecule has 0 bridgehead atoms. The van der Waals surface area contributed by atoms with Gasteiger partial charge in [0.15, 0.2) is 6.61 Å². The van der Waals surface area contributed by atoms with Crippen LogP contribution in [0.25, 0.3) is 0 Å². The van der Waals surface area contributed by atoms with Crippen LogP contribution in [0.4, 0.5) is 5.69 Å². The van der Waals surface area contributed by atoms with Crippen molar-refractivity contribution in [3.05, 3.63) is 46.4 Å². The highest BCUT2D eigenvalue weighted by Gasteiger charge is 2.12. The largest absolute Gasteiger partial charge is 0.495 e. The Morgan fingerprint density at radius 1 is 1.13 bits per heavy atom. The SMILES string of the molecule is COc1cc(NC(=O)COc2cccc(C)c2)c(OC)cc1Br. The molecule has 2 rings (SSSR count). The molecule has 5 nitrogen and oxygen atoms in total. The van der Waals surface area contributed by atoms with E-state index >= 15 is 0 Å². The summed E-state index contributed by atoms with van der Waals surface area (Å²) >= 11 is 3.37. The number of aryl methyl sites for hydroxylation is 1. The molecule has 2 aromatic rings. The summed E-state index contributed by atoms with van der Waals surface area (Å²) in [5, 5.41) is 2.76. The van der Waals surface area contributed by atoms with Gasteiger partial charge >= 0.3 is 0 Å². The van der Waals surface area contributed by atoms with Crippen LogP contribution < -0.4 is 19.5 Å². The molecule has 6 heteroatoms. The average Bonchev–Trinajstić information content (AvgIpc) is 2.54. The Kier molecular flexibility index (Phi) is 5.87. The predicted octanol–water partition coefficient (Wildman–Crippen LogP) is 3.79. The van der Waals surface area contributed by atoms with Crippen molar-refractivity contribution in [2.24, 2.45) is 0 Å². The van der Waals surface area contributed by atoms with E-state index in [0.29, 0.717) is 22.9 Å². The Bertz CT molecular complexity index is 703. The molecule has 2 aromatic carbocycles. The number of hydrogen-bond acceptors (Lipinski definition) is 4. The van der Waals surface area contributed by atoms with Crippen LogP contribution in [0, 0.1) is 6.92 Å². The first kappa shape index (κ1) is 17.1. The van der Waals surface area contributed by atoms with E-state index in [2.05, 4.69) is 21.2 Å². The van der Waals surface area contributed by atoms with Crippen LogP contribution >= 0.6 is 15.9 Å². The summed E-state index contributed by atoms with van der Waals surface area (Å²) in [4.78, 5) is 12.1. The van der Waals surface area contributed by atoms with Gasteiger partial charge in [-0.3, -0.25) is 4.79 Å². The highest BCUT2D eigenvalue weighted by molar-refractivity contribution is 9.10. The highest BCUT2D eigenvalue weighted by Crippen LogP contribution is 2.36. The minimum atomic E-state index is -0.283. The summed E-state index contributed by atoms with van der Waals surface area (Å²) in [5.41, 5.74) is 1.59. The van der Waals surface area contributed by atoms with Gasteiger partial charge < -0.3 is 19.5 Å². The van der Waals surface area contributed by atoms with E-state index in [1.165, 1.54) is 7.11 Å². The molecule has 0 aromatic heterocycles. The van der Waals surface area contributed by atoms with E-state index in [1.54, 1.807) is 19.2 Å². The van der Waals surface area contributed by atoms with E-state index in [0.717, 1.165) is 10.0 Å². The Morgan fingerprint density at radius 2 is 1.87 bits per heavy atom. The van der Waals surface area contributed by atoms with Crippen LogP contribution in [0.2, 0.25) is 0 Å². The first-order valence-corrected chi connectivity index (χ1v) is 7.73. The number of rotatable bonds is 6. The monoisotopic (exact) mass is 379 g/mol. The van der Waals surface area contributed by atoms with Crippen molar-refractivity contribution in [3.8, 4) is 17.2 Å². The number of benzene rings is 2. The van der Waals surface area contributed by atoms with E-state index in [-0.39, 0.29) is 12.5 Å². The topological polar surface area (TPSA) is 56.8 Å². The number of halogens is 1. The van der Waals surface area contributed by atoms with Crippen molar-refractivity contribution in [1.29, 1.82) is 0 Å². The van der Waals surface area contributed by atoms with Crippen molar-refractivity contribution >= 4 is 27.5 Å². The van der Waals surface area contributed by atoms with Crippen LogP contribution in [0.5, 0.6) is 17.2 Å². The van der Waals surface area contributed by atoms with Gasteiger partial charge in [-0.25, -0.2) is 0 Å². The molecule has 0 saturated heterocycles. The van der Waals surface area contributed by atoms with Crippen molar-refractivity contribution in [3.63, 3.8) is 0 Å². The van der Waals surface area contributed by atoms with E-state index in [4.69, 9.17) is 14.2 Å². The maximum absolute atomic E-state index is 12.1. The lowest BCUT2D eigenvalue weighted by atomic mass is 10.2. The quantitative estimate of drug-likeness (QED) is 0.829. The number of ether oxygens (including phenoxy) is 3. The molecule has 0 radical (unpaired) electrons. The molecule has 122 valence electrons. The Balaban J connectivity index is 2.05. The zero-order chi connectivity index (χ0) is 16.8. The Morgan fingerprint density at radius 3 is 2.52 bits per heavy atom. The van der Waals surface area contributed by atoms with E-state index in [9.17, 15) is 4.79 Å². The van der Waals surface area contributed by atoms with Crippen LogP contribution in [0.1, 0.15) is 5.56 Å². The van der Waals surface area contributed by atoms with Gasteiger partial charge in [0, 0.05) is 12.1 Å². The molecule has 0 aliphatic rings. The lowest BCUT2D eigenvalue weighted by Crippen LogP contribution is -2.20. The highest BCUT2D eigenvalue weighted by atomic mass is 79.9. The minimum absolute atomic E-state index is 0.0923. The third kappa shape index (κ3) is 4.63. The molecular weight excluding hydrogens is 362 g/mol. The molecule has 1 N–H and O–H groups in total. The number of anilines is 1. The third-order valence-electron chi connectivity index (χ3n) is 3.11. The van der Waals surface area contributed by atoms with Crippen LogP contribution in [-0.2, 0) is 4.79 Å². The van der Waals surface area contributed by atoms with Gasteiger partial charge in [-0.2, -0.15) is 0 Å². The number of amides is 1. The van der Waals surface area contributed by atoms with Crippen LogP contribution in [0.15, 0.2) is 40.9 Å². The second kappa shape index (κ2) is 7.87. The van der Waals surface area contributed by atoms with Crippen molar-refractivity contribution in [2.75, 3.05) is 26.1 Å². The minimum Gasteiger partial charge on any atom is -0.495 e. The number of carbonyl (C=O) groups is 1. The first-order valence-electron chi connectivity index (χ1n) is 6.94. The molecule has 0 aliphatic heterocycles. The number of nitrogens with one attached hydrogen (secondary N) is 1. The molecule has 1 amide bonds. The normalized spacial score (nSPS) is 10.1.